The zero-order chi connectivity index (χ0) is 17.2. The fourth-order valence-corrected chi connectivity index (χ4v) is 3.09. The molecule has 0 atom stereocenters. The number of benzene rings is 2. The predicted molar refractivity (Wildman–Crippen MR) is 94.3 cm³/mol. The van der Waals surface area contributed by atoms with Crippen molar-refractivity contribution in [3.05, 3.63) is 58.9 Å². The highest BCUT2D eigenvalue weighted by Crippen LogP contribution is 2.17. The Morgan fingerprint density at radius 3 is 2.62 bits per heavy atom. The zero-order valence-corrected chi connectivity index (χ0v) is 14.4. The van der Waals surface area contributed by atoms with E-state index in [9.17, 15) is 8.42 Å². The van der Waals surface area contributed by atoms with Gasteiger partial charge in [-0.25, -0.2) is 18.5 Å². The molecular weight excluding hydrogens is 348 g/mol. The summed E-state index contributed by atoms with van der Waals surface area (Å²) in [6.07, 6.45) is 0.775. The van der Waals surface area contributed by atoms with Gasteiger partial charge in [-0.1, -0.05) is 23.7 Å². The van der Waals surface area contributed by atoms with Crippen LogP contribution in [0, 0.1) is 0 Å². The first-order chi connectivity index (χ1) is 11.4. The number of nitrogens with two attached hydrogens (primary N) is 1. The molecule has 24 heavy (non-hydrogen) atoms. The molecule has 0 aliphatic rings. The monoisotopic (exact) mass is 364 g/mol. The van der Waals surface area contributed by atoms with Gasteiger partial charge in [0.05, 0.1) is 22.5 Å². The number of aromatic amines is 1. The van der Waals surface area contributed by atoms with Crippen LogP contribution in [0.4, 0.5) is 0 Å². The Morgan fingerprint density at radius 2 is 1.92 bits per heavy atom. The summed E-state index contributed by atoms with van der Waals surface area (Å²) in [5.74, 6) is 0.844. The molecule has 0 aliphatic heterocycles. The quantitative estimate of drug-likeness (QED) is 0.583. The van der Waals surface area contributed by atoms with Crippen molar-refractivity contribution in [1.29, 1.82) is 0 Å². The van der Waals surface area contributed by atoms with Gasteiger partial charge in [-0.2, -0.15) is 0 Å². The summed E-state index contributed by atoms with van der Waals surface area (Å²) in [5.41, 5.74) is 2.83. The van der Waals surface area contributed by atoms with Gasteiger partial charge in [0, 0.05) is 5.02 Å². The molecular formula is C16H17ClN4O2S. The standard InChI is InChI=1S/C16H17ClN4O2S/c17-12-3-6-14-15(9-12)21-16(20-14)10-19-8-7-11-1-4-13(5-2-11)24(18,22)23/h1-6,9,19H,7-8,10H2,(H,20,21)(H2,18,22,23). The van der Waals surface area contributed by atoms with Gasteiger partial charge in [0.25, 0.3) is 0 Å². The molecule has 0 bridgehead atoms. The van der Waals surface area contributed by atoms with Crippen LogP contribution >= 0.6 is 11.6 Å². The normalized spacial score (nSPS) is 11.9. The fraction of sp³-hybridized carbons (Fsp3) is 0.188. The second-order valence-corrected chi connectivity index (χ2v) is 7.46. The van der Waals surface area contributed by atoms with Crippen LogP contribution < -0.4 is 10.5 Å². The molecule has 0 radical (unpaired) electrons. The highest BCUT2D eigenvalue weighted by Gasteiger charge is 2.07. The van der Waals surface area contributed by atoms with Crippen LogP contribution in [-0.2, 0) is 23.0 Å². The van der Waals surface area contributed by atoms with E-state index in [2.05, 4.69) is 15.3 Å². The number of imidazole rings is 1. The Balaban J connectivity index is 1.52. The maximum atomic E-state index is 11.2. The van der Waals surface area contributed by atoms with Crippen molar-refractivity contribution in [2.75, 3.05) is 6.54 Å². The van der Waals surface area contributed by atoms with Crippen molar-refractivity contribution < 1.29 is 8.42 Å². The van der Waals surface area contributed by atoms with Gasteiger partial charge in [-0.3, -0.25) is 0 Å². The van der Waals surface area contributed by atoms with Crippen LogP contribution in [0.2, 0.25) is 5.02 Å². The second kappa shape index (κ2) is 6.90. The molecule has 3 rings (SSSR count). The Labute approximate surface area is 145 Å². The summed E-state index contributed by atoms with van der Waals surface area (Å²) in [7, 11) is -3.63. The summed E-state index contributed by atoms with van der Waals surface area (Å²) < 4.78 is 22.4. The average Bonchev–Trinajstić information content (AvgIpc) is 2.93. The van der Waals surface area contributed by atoms with Crippen molar-refractivity contribution in [3.63, 3.8) is 0 Å². The second-order valence-electron chi connectivity index (χ2n) is 5.46. The SMILES string of the molecule is NS(=O)(=O)c1ccc(CCNCc2nc3ccc(Cl)cc3[nH]2)cc1. The van der Waals surface area contributed by atoms with Gasteiger partial charge in [-0.05, 0) is 48.9 Å². The number of halogens is 1. The van der Waals surface area contributed by atoms with Crippen LogP contribution in [0.5, 0.6) is 0 Å². The Morgan fingerprint density at radius 1 is 1.17 bits per heavy atom. The van der Waals surface area contributed by atoms with Crippen molar-refractivity contribution in [2.24, 2.45) is 5.14 Å². The highest BCUT2D eigenvalue weighted by molar-refractivity contribution is 7.89. The minimum atomic E-state index is -3.63. The third kappa shape index (κ3) is 4.12. The third-order valence-corrected chi connectivity index (χ3v) is 4.79. The number of aromatic nitrogens is 2. The van der Waals surface area contributed by atoms with E-state index in [4.69, 9.17) is 16.7 Å². The van der Waals surface area contributed by atoms with Crippen LogP contribution in [0.3, 0.4) is 0 Å². The Kier molecular flexibility index (Phi) is 4.86. The van der Waals surface area contributed by atoms with E-state index >= 15 is 0 Å². The first-order valence-corrected chi connectivity index (χ1v) is 9.31. The lowest BCUT2D eigenvalue weighted by molar-refractivity contribution is 0.597. The number of H-pyrrole nitrogens is 1. The predicted octanol–water partition coefficient (Wildman–Crippen LogP) is 2.20. The third-order valence-electron chi connectivity index (χ3n) is 3.63. The average molecular weight is 365 g/mol. The van der Waals surface area contributed by atoms with E-state index in [1.54, 1.807) is 12.1 Å². The molecule has 4 N–H and O–H groups in total. The number of fused-ring (bicyclic) bond motifs is 1. The van der Waals surface area contributed by atoms with Crippen LogP contribution in [-0.4, -0.2) is 24.9 Å². The van der Waals surface area contributed by atoms with Gasteiger partial charge in [0.1, 0.15) is 5.82 Å². The largest absolute Gasteiger partial charge is 0.341 e. The van der Waals surface area contributed by atoms with Crippen molar-refractivity contribution in [3.8, 4) is 0 Å². The van der Waals surface area contributed by atoms with Crippen molar-refractivity contribution >= 4 is 32.7 Å². The van der Waals surface area contributed by atoms with E-state index in [0.29, 0.717) is 11.6 Å². The van der Waals surface area contributed by atoms with Crippen LogP contribution in [0.25, 0.3) is 11.0 Å². The van der Waals surface area contributed by atoms with Gasteiger partial charge >= 0.3 is 0 Å². The highest BCUT2D eigenvalue weighted by atomic mass is 35.5. The molecule has 0 saturated heterocycles. The van der Waals surface area contributed by atoms with Crippen LogP contribution in [0.1, 0.15) is 11.4 Å². The summed E-state index contributed by atoms with van der Waals surface area (Å²) >= 11 is 5.95. The summed E-state index contributed by atoms with van der Waals surface area (Å²) in [5, 5.41) is 9.05. The number of nitrogens with zero attached hydrogens (tertiary/aromatic N) is 1. The lowest BCUT2D eigenvalue weighted by Crippen LogP contribution is -2.17. The lowest BCUT2D eigenvalue weighted by Gasteiger charge is -2.04. The van der Waals surface area contributed by atoms with E-state index < -0.39 is 10.0 Å². The molecule has 1 aromatic heterocycles. The topological polar surface area (TPSA) is 101 Å². The minimum Gasteiger partial charge on any atom is -0.341 e. The van der Waals surface area contributed by atoms with Crippen LogP contribution in [0.15, 0.2) is 47.4 Å². The van der Waals surface area contributed by atoms with Crippen molar-refractivity contribution in [2.45, 2.75) is 17.9 Å². The molecule has 0 spiro atoms. The van der Waals surface area contributed by atoms with Crippen molar-refractivity contribution in [1.82, 2.24) is 15.3 Å². The van der Waals surface area contributed by atoms with Gasteiger partial charge in [-0.15, -0.1) is 0 Å². The molecule has 0 aliphatic carbocycles. The maximum absolute atomic E-state index is 11.2. The molecule has 8 heteroatoms. The van der Waals surface area contributed by atoms with Gasteiger partial charge in [0.2, 0.25) is 10.0 Å². The van der Waals surface area contributed by atoms with E-state index in [-0.39, 0.29) is 4.90 Å². The molecule has 1 heterocycles. The Bertz CT molecular complexity index is 952. The van der Waals surface area contributed by atoms with E-state index in [0.717, 1.165) is 35.4 Å². The van der Waals surface area contributed by atoms with E-state index in [1.807, 2.05) is 18.2 Å². The molecule has 0 fully saturated rings. The Hall–Kier alpha value is -1.93. The zero-order valence-electron chi connectivity index (χ0n) is 12.8. The molecule has 0 saturated carbocycles. The van der Waals surface area contributed by atoms with Gasteiger partial charge < -0.3 is 10.3 Å². The first kappa shape index (κ1) is 16.9. The number of hydrogen-bond acceptors (Lipinski definition) is 4. The summed E-state index contributed by atoms with van der Waals surface area (Å²) in [4.78, 5) is 7.83. The smallest absolute Gasteiger partial charge is 0.238 e. The molecule has 126 valence electrons. The molecule has 6 nitrogen and oxygen atoms in total. The molecule has 3 aromatic rings. The first-order valence-electron chi connectivity index (χ1n) is 7.38. The maximum Gasteiger partial charge on any atom is 0.238 e. The number of sulfonamides is 1. The number of rotatable bonds is 6. The number of nitrogens with one attached hydrogen (secondary N) is 2. The number of primary sulfonamides is 1. The minimum absolute atomic E-state index is 0.125. The summed E-state index contributed by atoms with van der Waals surface area (Å²) in [6.45, 7) is 1.36. The van der Waals surface area contributed by atoms with Gasteiger partial charge in [0.15, 0.2) is 0 Å². The molecule has 2 aromatic carbocycles. The lowest BCUT2D eigenvalue weighted by atomic mass is 10.1. The fourth-order valence-electron chi connectivity index (χ4n) is 2.40. The van der Waals surface area contributed by atoms with E-state index in [1.165, 1.54) is 12.1 Å². The summed E-state index contributed by atoms with van der Waals surface area (Å²) in [6, 6.07) is 12.1. The molecule has 0 unspecified atom stereocenters. The molecule has 0 amide bonds. The number of hydrogen-bond donors (Lipinski definition) is 3.